The first-order valence-corrected chi connectivity index (χ1v) is 8.42. The molecule has 1 fully saturated rings. The second kappa shape index (κ2) is 12.5. The molecular formula is C16H35IN4. The fourth-order valence-corrected chi connectivity index (χ4v) is 2.75. The van der Waals surface area contributed by atoms with Gasteiger partial charge in [0.2, 0.25) is 0 Å². The lowest BCUT2D eigenvalue weighted by Gasteiger charge is -2.33. The Morgan fingerprint density at radius 1 is 1.33 bits per heavy atom. The molecule has 1 aliphatic rings. The molecule has 0 radical (unpaired) electrons. The monoisotopic (exact) mass is 410 g/mol. The number of unbranched alkanes of at least 4 members (excludes halogenated alkanes) is 1. The molecule has 0 amide bonds. The molecule has 5 heteroatoms. The molecule has 1 atom stereocenters. The predicted molar refractivity (Wildman–Crippen MR) is 104 cm³/mol. The number of nitrogens with zero attached hydrogens (tertiary/aromatic N) is 3. The number of hydrogen-bond acceptors (Lipinski definition) is 2. The number of guanidine groups is 1. The second-order valence-electron chi connectivity index (χ2n) is 5.89. The number of rotatable bonds is 7. The van der Waals surface area contributed by atoms with Crippen molar-refractivity contribution in [2.75, 3.05) is 39.8 Å². The Kier molecular flexibility index (Phi) is 12.5. The maximum absolute atomic E-state index is 4.78. The summed E-state index contributed by atoms with van der Waals surface area (Å²) in [7, 11) is 2.14. The lowest BCUT2D eigenvalue weighted by molar-refractivity contribution is 0.165. The van der Waals surface area contributed by atoms with E-state index in [0.717, 1.165) is 38.2 Å². The van der Waals surface area contributed by atoms with E-state index in [2.05, 4.69) is 42.9 Å². The summed E-state index contributed by atoms with van der Waals surface area (Å²) in [6, 6.07) is 0.736. The molecular weight excluding hydrogens is 375 g/mol. The number of piperidine rings is 1. The smallest absolute Gasteiger partial charge is 0.193 e. The van der Waals surface area contributed by atoms with Gasteiger partial charge >= 0.3 is 0 Å². The van der Waals surface area contributed by atoms with Crippen molar-refractivity contribution in [3.8, 4) is 0 Å². The number of hydrogen-bond donors (Lipinski definition) is 1. The number of halogens is 1. The Labute approximate surface area is 148 Å². The summed E-state index contributed by atoms with van der Waals surface area (Å²) in [6.45, 7) is 12.0. The van der Waals surface area contributed by atoms with Crippen LogP contribution in [-0.2, 0) is 0 Å². The van der Waals surface area contributed by atoms with E-state index < -0.39 is 0 Å². The van der Waals surface area contributed by atoms with Crippen LogP contribution in [0.2, 0.25) is 0 Å². The zero-order valence-electron chi connectivity index (χ0n) is 14.4. The highest BCUT2D eigenvalue weighted by atomic mass is 127. The second-order valence-corrected chi connectivity index (χ2v) is 5.89. The summed E-state index contributed by atoms with van der Waals surface area (Å²) < 4.78 is 0. The Bertz CT molecular complexity index is 283. The van der Waals surface area contributed by atoms with Gasteiger partial charge in [-0.05, 0) is 39.7 Å². The van der Waals surface area contributed by atoms with E-state index in [1.54, 1.807) is 0 Å². The normalized spacial score (nSPS) is 20.0. The van der Waals surface area contributed by atoms with Crippen molar-refractivity contribution in [3.05, 3.63) is 0 Å². The Balaban J connectivity index is 0.00000400. The highest BCUT2D eigenvalue weighted by molar-refractivity contribution is 14.0. The van der Waals surface area contributed by atoms with E-state index in [0.29, 0.717) is 0 Å². The van der Waals surface area contributed by atoms with Crippen LogP contribution >= 0.6 is 24.0 Å². The Hall–Kier alpha value is -0.0400. The molecule has 0 aliphatic carbocycles. The first-order chi connectivity index (χ1) is 9.69. The van der Waals surface area contributed by atoms with Crippen LogP contribution in [0.5, 0.6) is 0 Å². The van der Waals surface area contributed by atoms with Crippen molar-refractivity contribution in [2.45, 2.75) is 58.9 Å². The quantitative estimate of drug-likeness (QED) is 0.397. The van der Waals surface area contributed by atoms with Crippen LogP contribution < -0.4 is 5.32 Å². The minimum Gasteiger partial charge on any atom is -0.357 e. The molecule has 0 aromatic carbocycles. The van der Waals surface area contributed by atoms with Crippen molar-refractivity contribution in [2.24, 2.45) is 4.99 Å². The molecule has 1 rings (SSSR count). The van der Waals surface area contributed by atoms with E-state index >= 15 is 0 Å². The van der Waals surface area contributed by atoms with Crippen LogP contribution in [0.4, 0.5) is 0 Å². The van der Waals surface area contributed by atoms with Gasteiger partial charge in [-0.3, -0.25) is 9.89 Å². The molecule has 0 saturated carbocycles. The van der Waals surface area contributed by atoms with Crippen molar-refractivity contribution >= 4 is 29.9 Å². The number of aliphatic imine (C=N–C) groups is 1. The average molecular weight is 410 g/mol. The zero-order valence-corrected chi connectivity index (χ0v) is 16.7. The summed E-state index contributed by atoms with van der Waals surface area (Å²) in [5.41, 5.74) is 0. The molecule has 4 nitrogen and oxygen atoms in total. The largest absolute Gasteiger partial charge is 0.357 e. The maximum Gasteiger partial charge on any atom is 0.193 e. The van der Waals surface area contributed by atoms with Gasteiger partial charge in [-0.2, -0.15) is 0 Å². The molecule has 0 aromatic heterocycles. The molecule has 0 spiro atoms. The van der Waals surface area contributed by atoms with E-state index in [1.807, 2.05) is 0 Å². The third-order valence-corrected chi connectivity index (χ3v) is 4.13. The van der Waals surface area contributed by atoms with Crippen molar-refractivity contribution < 1.29 is 0 Å². The zero-order chi connectivity index (χ0) is 14.8. The van der Waals surface area contributed by atoms with Gasteiger partial charge in [-0.25, -0.2) is 0 Å². The van der Waals surface area contributed by atoms with Crippen LogP contribution in [0.15, 0.2) is 4.99 Å². The molecule has 0 aromatic rings. The minimum absolute atomic E-state index is 0. The third-order valence-electron chi connectivity index (χ3n) is 4.13. The fourth-order valence-electron chi connectivity index (χ4n) is 2.75. The molecule has 1 N–H and O–H groups in total. The molecule has 1 saturated heterocycles. The molecule has 1 aliphatic heterocycles. The summed E-state index contributed by atoms with van der Waals surface area (Å²) in [5.74, 6) is 1.06. The van der Waals surface area contributed by atoms with E-state index in [1.165, 1.54) is 38.6 Å². The van der Waals surface area contributed by atoms with Gasteiger partial charge < -0.3 is 10.2 Å². The fraction of sp³-hybridized carbons (Fsp3) is 0.938. The van der Waals surface area contributed by atoms with Gasteiger partial charge in [-0.15, -0.1) is 24.0 Å². The number of nitrogens with one attached hydrogen (secondary N) is 1. The molecule has 0 bridgehead atoms. The standard InChI is InChI=1S/C16H34N4.HI/c1-5-7-12-19(4)16(17-6-2)18-11-14-20-13-9-8-10-15(20)3;/h15H,5-14H2,1-4H3,(H,17,18);1H. The number of likely N-dealkylation sites (tertiary alicyclic amines) is 1. The summed E-state index contributed by atoms with van der Waals surface area (Å²) in [5, 5.41) is 3.40. The highest BCUT2D eigenvalue weighted by Gasteiger charge is 2.17. The topological polar surface area (TPSA) is 30.9 Å². The van der Waals surface area contributed by atoms with Gasteiger partial charge in [0.05, 0.1) is 6.54 Å². The van der Waals surface area contributed by atoms with Crippen LogP contribution in [0.25, 0.3) is 0 Å². The van der Waals surface area contributed by atoms with Gasteiger partial charge in [0, 0.05) is 32.7 Å². The van der Waals surface area contributed by atoms with E-state index in [-0.39, 0.29) is 24.0 Å². The van der Waals surface area contributed by atoms with Crippen LogP contribution in [0.1, 0.15) is 52.9 Å². The van der Waals surface area contributed by atoms with Crippen LogP contribution in [0.3, 0.4) is 0 Å². The molecule has 21 heavy (non-hydrogen) atoms. The van der Waals surface area contributed by atoms with Gasteiger partial charge in [0.1, 0.15) is 0 Å². The first kappa shape index (κ1) is 21.0. The summed E-state index contributed by atoms with van der Waals surface area (Å²) in [4.78, 5) is 9.63. The average Bonchev–Trinajstić information content (AvgIpc) is 2.45. The molecule has 1 heterocycles. The maximum atomic E-state index is 4.78. The molecule has 1 unspecified atom stereocenters. The van der Waals surface area contributed by atoms with Gasteiger partial charge in [-0.1, -0.05) is 19.8 Å². The van der Waals surface area contributed by atoms with Crippen LogP contribution in [0, 0.1) is 0 Å². The van der Waals surface area contributed by atoms with E-state index in [4.69, 9.17) is 4.99 Å². The van der Waals surface area contributed by atoms with E-state index in [9.17, 15) is 0 Å². The van der Waals surface area contributed by atoms with Gasteiger partial charge in [0.25, 0.3) is 0 Å². The van der Waals surface area contributed by atoms with Crippen molar-refractivity contribution in [3.63, 3.8) is 0 Å². The predicted octanol–water partition coefficient (Wildman–Crippen LogP) is 3.18. The van der Waals surface area contributed by atoms with Crippen molar-refractivity contribution in [1.29, 1.82) is 0 Å². The first-order valence-electron chi connectivity index (χ1n) is 8.42. The minimum atomic E-state index is 0. The summed E-state index contributed by atoms with van der Waals surface area (Å²) in [6.07, 6.45) is 6.55. The SMILES string of the molecule is CCCCN(C)C(=NCCN1CCCCC1C)NCC.I. The van der Waals surface area contributed by atoms with Crippen LogP contribution in [-0.4, -0.2) is 61.6 Å². The highest BCUT2D eigenvalue weighted by Crippen LogP contribution is 2.15. The van der Waals surface area contributed by atoms with Crippen molar-refractivity contribution in [1.82, 2.24) is 15.1 Å². The third kappa shape index (κ3) is 8.24. The Morgan fingerprint density at radius 3 is 2.71 bits per heavy atom. The molecule has 126 valence electrons. The lowest BCUT2D eigenvalue weighted by atomic mass is 10.0. The van der Waals surface area contributed by atoms with Gasteiger partial charge in [0.15, 0.2) is 5.96 Å². The lowest BCUT2D eigenvalue weighted by Crippen LogP contribution is -2.41. The summed E-state index contributed by atoms with van der Waals surface area (Å²) >= 11 is 0. The Morgan fingerprint density at radius 2 is 2.10 bits per heavy atom.